The zero-order valence-corrected chi connectivity index (χ0v) is 29.3. The minimum Gasteiger partial charge on any atom is -0.497 e. The number of sulfonamides is 1. The number of amides is 2. The molecule has 2 amide bonds. The van der Waals surface area contributed by atoms with Gasteiger partial charge >= 0.3 is 0 Å². The van der Waals surface area contributed by atoms with Crippen LogP contribution < -0.4 is 24.2 Å². The van der Waals surface area contributed by atoms with Crippen molar-refractivity contribution in [1.29, 1.82) is 0 Å². The van der Waals surface area contributed by atoms with Crippen LogP contribution in [0.4, 0.5) is 0 Å². The number of nitrogens with one attached hydrogen (secondary N) is 2. The Morgan fingerprint density at radius 2 is 1.39 bits per heavy atom. The van der Waals surface area contributed by atoms with E-state index in [1.807, 2.05) is 72.8 Å². The molecule has 0 bridgehead atoms. The molecule has 0 fully saturated rings. The Labute approximate surface area is 289 Å². The first-order valence-electron chi connectivity index (χ1n) is 16.2. The van der Waals surface area contributed by atoms with Crippen molar-refractivity contribution in [1.82, 2.24) is 14.9 Å². The maximum atomic E-state index is 14.1. The van der Waals surface area contributed by atoms with Gasteiger partial charge in [-0.15, -0.1) is 0 Å². The summed E-state index contributed by atoms with van der Waals surface area (Å²) in [4.78, 5) is 29.9. The molecule has 0 radical (unpaired) electrons. The maximum Gasteiger partial charge on any atom is 0.243 e. The lowest BCUT2D eigenvalue weighted by atomic mass is 10.0. The summed E-state index contributed by atoms with van der Waals surface area (Å²) in [5.74, 6) is 1.47. The van der Waals surface area contributed by atoms with Gasteiger partial charge in [-0.05, 0) is 71.5 Å². The predicted octanol–water partition coefficient (Wildman–Crippen LogP) is 4.94. The fraction of sp³-hybridized carbons (Fsp3) is 0.316. The van der Waals surface area contributed by atoms with Crippen LogP contribution in [0.5, 0.6) is 17.2 Å². The van der Waals surface area contributed by atoms with Gasteiger partial charge in [-0.2, -0.15) is 0 Å². The van der Waals surface area contributed by atoms with Gasteiger partial charge in [0.2, 0.25) is 21.8 Å². The van der Waals surface area contributed by atoms with Gasteiger partial charge < -0.3 is 24.4 Å². The summed E-state index contributed by atoms with van der Waals surface area (Å²) >= 11 is 0. The van der Waals surface area contributed by atoms with Crippen LogP contribution in [0.15, 0.2) is 102 Å². The highest BCUT2D eigenvalue weighted by Crippen LogP contribution is 2.27. The van der Waals surface area contributed by atoms with Gasteiger partial charge in [-0.3, -0.25) is 9.59 Å². The molecule has 1 unspecified atom stereocenters. The number of carbonyl (C=O) groups excluding carboxylic acids is 2. The molecule has 260 valence electrons. The van der Waals surface area contributed by atoms with Crippen LogP contribution in [0.2, 0.25) is 0 Å². The molecule has 1 atom stereocenters. The molecule has 2 N–H and O–H groups in total. The number of hydrogen-bond donors (Lipinski definition) is 2. The van der Waals surface area contributed by atoms with E-state index in [9.17, 15) is 18.0 Å². The van der Waals surface area contributed by atoms with Gasteiger partial charge in [0, 0.05) is 32.5 Å². The third kappa shape index (κ3) is 10.6. The number of nitrogens with zero attached hydrogens (tertiary/aromatic N) is 1. The highest BCUT2D eigenvalue weighted by atomic mass is 32.2. The van der Waals surface area contributed by atoms with Crippen LogP contribution in [0.1, 0.15) is 35.6 Å². The highest BCUT2D eigenvalue weighted by Gasteiger charge is 2.30. The Bertz CT molecular complexity index is 1760. The van der Waals surface area contributed by atoms with E-state index in [-0.39, 0.29) is 36.2 Å². The average molecular weight is 688 g/mol. The number of benzene rings is 4. The van der Waals surface area contributed by atoms with E-state index < -0.39 is 16.1 Å². The lowest BCUT2D eigenvalue weighted by molar-refractivity contribution is -0.141. The molecular weight excluding hydrogens is 642 g/mol. The van der Waals surface area contributed by atoms with Crippen LogP contribution in [-0.4, -0.2) is 65.6 Å². The van der Waals surface area contributed by atoms with Gasteiger partial charge in [-0.25, -0.2) is 13.1 Å². The summed E-state index contributed by atoms with van der Waals surface area (Å²) in [5, 5.41) is 3.07. The molecule has 0 aliphatic carbocycles. The molecule has 4 aromatic rings. The molecule has 4 aromatic carbocycles. The van der Waals surface area contributed by atoms with Crippen molar-refractivity contribution >= 4 is 21.8 Å². The normalized spacial score (nSPS) is 11.8. The Balaban J connectivity index is 1.57. The quantitative estimate of drug-likeness (QED) is 0.152. The molecule has 0 heterocycles. The molecule has 11 heteroatoms. The molecule has 0 aromatic heterocycles. The van der Waals surface area contributed by atoms with Crippen molar-refractivity contribution in [3.8, 4) is 17.2 Å². The first-order chi connectivity index (χ1) is 23.7. The fourth-order valence-corrected chi connectivity index (χ4v) is 6.51. The topological polar surface area (TPSA) is 123 Å². The largest absolute Gasteiger partial charge is 0.497 e. The molecule has 0 aliphatic heterocycles. The Morgan fingerprint density at radius 1 is 0.735 bits per heavy atom. The summed E-state index contributed by atoms with van der Waals surface area (Å²) < 4.78 is 43.3. The van der Waals surface area contributed by atoms with Crippen molar-refractivity contribution in [3.05, 3.63) is 119 Å². The number of hydrogen-bond acceptors (Lipinski definition) is 7. The molecule has 0 spiro atoms. The first kappa shape index (κ1) is 37.0. The summed E-state index contributed by atoms with van der Waals surface area (Å²) in [6, 6.07) is 28.4. The standard InChI is InChI=1S/C38H45N3O7S/c1-5-40-49(44,45)33-19-13-28(14-20-33)16-22-37(42)41(27-31-11-17-32(46-2)18-12-31)34(25-29-9-7-6-8-10-29)38(43)39-24-23-30-15-21-35(47-3)36(26-30)48-4/h6-15,17-21,26,34,40H,5,16,22-25,27H2,1-4H3,(H,39,43). The predicted molar refractivity (Wildman–Crippen MR) is 189 cm³/mol. The lowest BCUT2D eigenvalue weighted by Gasteiger charge is -2.32. The van der Waals surface area contributed by atoms with Crippen LogP contribution in [-0.2, 0) is 45.4 Å². The molecular formula is C38H45N3O7S. The van der Waals surface area contributed by atoms with Gasteiger partial charge in [0.15, 0.2) is 11.5 Å². The molecule has 0 aliphatic rings. The van der Waals surface area contributed by atoms with Gasteiger partial charge in [-0.1, -0.05) is 67.6 Å². The molecule has 0 saturated carbocycles. The molecule has 10 nitrogen and oxygen atoms in total. The Morgan fingerprint density at radius 3 is 2.02 bits per heavy atom. The molecule has 4 rings (SSSR count). The SMILES string of the molecule is CCNS(=O)(=O)c1ccc(CCC(=O)N(Cc2ccc(OC)cc2)C(Cc2ccccc2)C(=O)NCCc2ccc(OC)c(OC)c2)cc1. The summed E-state index contributed by atoms with van der Waals surface area (Å²) in [6.07, 6.45) is 1.37. The van der Waals surface area contributed by atoms with Crippen LogP contribution >= 0.6 is 0 Å². The third-order valence-electron chi connectivity index (χ3n) is 8.14. The summed E-state index contributed by atoms with van der Waals surface area (Å²) in [6.45, 7) is 2.57. The van der Waals surface area contributed by atoms with Crippen molar-refractivity contribution in [2.45, 2.75) is 50.1 Å². The minimum atomic E-state index is -3.58. The van der Waals surface area contributed by atoms with E-state index in [2.05, 4.69) is 10.0 Å². The summed E-state index contributed by atoms with van der Waals surface area (Å²) in [5.41, 5.74) is 3.55. The second kappa shape index (κ2) is 18.0. The van der Waals surface area contributed by atoms with E-state index in [1.165, 1.54) is 12.1 Å². The van der Waals surface area contributed by atoms with E-state index >= 15 is 0 Å². The number of methoxy groups -OCH3 is 3. The zero-order chi connectivity index (χ0) is 35.2. The molecule has 0 saturated heterocycles. The van der Waals surface area contributed by atoms with Crippen molar-refractivity contribution in [3.63, 3.8) is 0 Å². The third-order valence-corrected chi connectivity index (χ3v) is 9.70. The first-order valence-corrected chi connectivity index (χ1v) is 17.7. The summed E-state index contributed by atoms with van der Waals surface area (Å²) in [7, 11) is 1.17. The number of carbonyl (C=O) groups is 2. The number of aryl methyl sites for hydroxylation is 1. The van der Waals surface area contributed by atoms with E-state index in [1.54, 1.807) is 45.3 Å². The van der Waals surface area contributed by atoms with Crippen LogP contribution in [0.25, 0.3) is 0 Å². The smallest absolute Gasteiger partial charge is 0.243 e. The highest BCUT2D eigenvalue weighted by molar-refractivity contribution is 7.89. The van der Waals surface area contributed by atoms with Crippen molar-refractivity contribution < 1.29 is 32.2 Å². The second-order valence-corrected chi connectivity index (χ2v) is 13.2. The van der Waals surface area contributed by atoms with Gasteiger partial charge in [0.05, 0.1) is 26.2 Å². The lowest BCUT2D eigenvalue weighted by Crippen LogP contribution is -2.50. The Hall–Kier alpha value is -4.87. The van der Waals surface area contributed by atoms with Crippen LogP contribution in [0.3, 0.4) is 0 Å². The number of ether oxygens (including phenoxy) is 3. The van der Waals surface area contributed by atoms with Crippen LogP contribution in [0, 0.1) is 0 Å². The fourth-order valence-electron chi connectivity index (χ4n) is 5.47. The zero-order valence-electron chi connectivity index (χ0n) is 28.5. The number of rotatable bonds is 18. The maximum absolute atomic E-state index is 14.1. The van der Waals surface area contributed by atoms with Crippen molar-refractivity contribution in [2.24, 2.45) is 0 Å². The molecule has 49 heavy (non-hydrogen) atoms. The minimum absolute atomic E-state index is 0.125. The Kier molecular flexibility index (Phi) is 13.6. The average Bonchev–Trinajstić information content (AvgIpc) is 3.12. The van der Waals surface area contributed by atoms with Crippen molar-refractivity contribution in [2.75, 3.05) is 34.4 Å². The van der Waals surface area contributed by atoms with E-state index in [0.29, 0.717) is 43.1 Å². The van der Waals surface area contributed by atoms with E-state index in [0.717, 1.165) is 22.3 Å². The second-order valence-electron chi connectivity index (χ2n) is 11.5. The monoisotopic (exact) mass is 687 g/mol. The van der Waals surface area contributed by atoms with E-state index in [4.69, 9.17) is 14.2 Å². The van der Waals surface area contributed by atoms with Gasteiger partial charge in [0.25, 0.3) is 0 Å². The van der Waals surface area contributed by atoms with Gasteiger partial charge in [0.1, 0.15) is 11.8 Å².